The maximum Gasteiger partial charge on any atom is 0.346 e. The zero-order valence-electron chi connectivity index (χ0n) is 19.7. The van der Waals surface area contributed by atoms with Gasteiger partial charge in [-0.25, -0.2) is 9.78 Å². The van der Waals surface area contributed by atoms with Crippen molar-refractivity contribution in [3.05, 3.63) is 103 Å². The maximum atomic E-state index is 13.5. The number of hydrogen-bond acceptors (Lipinski definition) is 7. The molecule has 182 valence electrons. The van der Waals surface area contributed by atoms with Gasteiger partial charge in [0.2, 0.25) is 5.43 Å². The van der Waals surface area contributed by atoms with E-state index in [2.05, 4.69) is 20.9 Å². The van der Waals surface area contributed by atoms with Gasteiger partial charge in [0, 0.05) is 26.4 Å². The van der Waals surface area contributed by atoms with Gasteiger partial charge < -0.3 is 13.6 Å². The Morgan fingerprint density at radius 1 is 0.919 bits per heavy atom. The summed E-state index contributed by atoms with van der Waals surface area (Å²) in [7, 11) is 1.59. The normalized spacial score (nSPS) is 11.3. The Hall–Kier alpha value is -4.01. The summed E-state index contributed by atoms with van der Waals surface area (Å²) in [4.78, 5) is 31.1. The number of halogens is 1. The van der Waals surface area contributed by atoms with Gasteiger partial charge in [0.25, 0.3) is 0 Å². The smallest absolute Gasteiger partial charge is 0.346 e. The monoisotopic (exact) mass is 571 g/mol. The lowest BCUT2D eigenvalue weighted by Gasteiger charge is -2.08. The molecule has 3 aromatic heterocycles. The van der Waals surface area contributed by atoms with E-state index in [1.165, 1.54) is 17.6 Å². The summed E-state index contributed by atoms with van der Waals surface area (Å²) in [6.45, 7) is 1.78. The highest BCUT2D eigenvalue weighted by Gasteiger charge is 2.18. The van der Waals surface area contributed by atoms with Crippen molar-refractivity contribution in [2.24, 2.45) is 0 Å². The second-order valence-corrected chi connectivity index (χ2v) is 10.3. The predicted octanol–water partition coefficient (Wildman–Crippen LogP) is 7.44. The van der Waals surface area contributed by atoms with Crippen molar-refractivity contribution in [1.29, 1.82) is 0 Å². The predicted molar refractivity (Wildman–Crippen MR) is 149 cm³/mol. The fourth-order valence-electron chi connectivity index (χ4n) is 4.32. The van der Waals surface area contributed by atoms with Crippen molar-refractivity contribution in [1.82, 2.24) is 4.98 Å². The van der Waals surface area contributed by atoms with Crippen molar-refractivity contribution in [3.8, 4) is 38.7 Å². The molecule has 0 bridgehead atoms. The molecule has 0 aliphatic carbocycles. The summed E-state index contributed by atoms with van der Waals surface area (Å²) < 4.78 is 17.8. The van der Waals surface area contributed by atoms with Gasteiger partial charge in [-0.15, -0.1) is 11.3 Å². The first kappa shape index (κ1) is 23.4. The van der Waals surface area contributed by atoms with Gasteiger partial charge in [0.05, 0.1) is 29.3 Å². The number of methoxy groups -OCH3 is 1. The third kappa shape index (κ3) is 4.08. The highest BCUT2D eigenvalue weighted by Crippen LogP contribution is 2.33. The number of aryl methyl sites for hydroxylation is 1. The van der Waals surface area contributed by atoms with E-state index in [-0.39, 0.29) is 5.43 Å². The number of fused-ring (bicyclic) bond motifs is 2. The average molecular weight is 572 g/mol. The minimum atomic E-state index is -0.496. The minimum Gasteiger partial charge on any atom is -0.497 e. The van der Waals surface area contributed by atoms with Gasteiger partial charge in [0.15, 0.2) is 0 Å². The molecule has 0 N–H and O–H groups in total. The number of hydrogen-bond donors (Lipinski definition) is 0. The second kappa shape index (κ2) is 9.14. The lowest BCUT2D eigenvalue weighted by atomic mass is 10.0. The van der Waals surface area contributed by atoms with Crippen LogP contribution in [0.5, 0.6) is 5.75 Å². The molecule has 0 saturated carbocycles. The molecule has 0 aliphatic heterocycles. The summed E-state index contributed by atoms with van der Waals surface area (Å²) in [6.07, 6.45) is 1.44. The third-order valence-corrected chi connectivity index (χ3v) is 7.67. The molecule has 6 aromatic rings. The van der Waals surface area contributed by atoms with Gasteiger partial charge in [-0.3, -0.25) is 4.79 Å². The van der Waals surface area contributed by atoms with E-state index >= 15 is 0 Å². The molecule has 37 heavy (non-hydrogen) atoms. The average Bonchev–Trinajstić information content (AvgIpc) is 3.40. The first-order chi connectivity index (χ1) is 17.9. The fourth-order valence-corrected chi connectivity index (χ4v) is 5.42. The largest absolute Gasteiger partial charge is 0.497 e. The van der Waals surface area contributed by atoms with Crippen LogP contribution in [0.25, 0.3) is 54.9 Å². The van der Waals surface area contributed by atoms with E-state index < -0.39 is 5.63 Å². The van der Waals surface area contributed by atoms with E-state index in [1.54, 1.807) is 38.3 Å². The van der Waals surface area contributed by atoms with E-state index in [9.17, 15) is 9.59 Å². The number of ether oxygens (including phenoxy) is 1. The minimum absolute atomic E-state index is 0.170. The number of nitrogens with zero attached hydrogens (tertiary/aromatic N) is 1. The van der Waals surface area contributed by atoms with E-state index in [0.717, 1.165) is 21.3 Å². The van der Waals surface area contributed by atoms with E-state index in [4.69, 9.17) is 13.6 Å². The van der Waals surface area contributed by atoms with Crippen LogP contribution in [-0.2, 0) is 0 Å². The Balaban J connectivity index is 1.49. The lowest BCUT2D eigenvalue weighted by molar-refractivity contribution is 0.415. The van der Waals surface area contributed by atoms with Gasteiger partial charge in [-0.2, -0.15) is 0 Å². The zero-order chi connectivity index (χ0) is 25.7. The Kier molecular flexibility index (Phi) is 5.78. The fraction of sp³-hybridized carbons (Fsp3) is 0.0690. The zero-order valence-corrected chi connectivity index (χ0v) is 22.1. The molecule has 6 rings (SSSR count). The highest BCUT2D eigenvalue weighted by molar-refractivity contribution is 9.10. The van der Waals surface area contributed by atoms with Crippen LogP contribution < -0.4 is 15.8 Å². The number of thiazole rings is 1. The van der Waals surface area contributed by atoms with E-state index in [0.29, 0.717) is 49.4 Å². The molecule has 3 aromatic carbocycles. The molecule has 8 heteroatoms. The molecule has 0 unspecified atom stereocenters. The van der Waals surface area contributed by atoms with Crippen LogP contribution in [0.2, 0.25) is 0 Å². The van der Waals surface area contributed by atoms with Crippen molar-refractivity contribution < 1.29 is 13.6 Å². The van der Waals surface area contributed by atoms with Crippen LogP contribution in [0.15, 0.2) is 95.2 Å². The Bertz CT molecular complexity index is 1920. The molecule has 0 aliphatic rings. The van der Waals surface area contributed by atoms with Crippen molar-refractivity contribution >= 4 is 49.2 Å². The van der Waals surface area contributed by atoms with Gasteiger partial charge in [-0.05, 0) is 48.9 Å². The SMILES string of the molecule is COc1ccc(-c2coc3c(C)c4oc(=O)c(-c5nc(-c6ccc(Br)cc6)cs5)cc4cc3c2=O)cc1. The first-order valence-electron chi connectivity index (χ1n) is 11.3. The van der Waals surface area contributed by atoms with Crippen LogP contribution in [0.4, 0.5) is 0 Å². The summed E-state index contributed by atoms with van der Waals surface area (Å²) in [5.41, 5.74) is 3.90. The summed E-state index contributed by atoms with van der Waals surface area (Å²) >= 11 is 4.80. The molecule has 6 nitrogen and oxygen atoms in total. The molecule has 0 saturated heterocycles. The molecule has 0 amide bonds. The topological polar surface area (TPSA) is 82.5 Å². The van der Waals surface area contributed by atoms with Crippen LogP contribution in [0, 0.1) is 6.92 Å². The quantitative estimate of drug-likeness (QED) is 0.161. The van der Waals surface area contributed by atoms with Crippen LogP contribution >= 0.6 is 27.3 Å². The van der Waals surface area contributed by atoms with Crippen molar-refractivity contribution in [2.45, 2.75) is 6.92 Å². The molecule has 3 heterocycles. The third-order valence-electron chi connectivity index (χ3n) is 6.26. The highest BCUT2D eigenvalue weighted by atomic mass is 79.9. The number of benzene rings is 3. The standard InChI is InChI=1S/C29H18BrNO5S/c1-15-26-18(11-21-25(32)23(13-35-27(15)21)16-5-9-20(34-2)10-6-16)12-22(29(33)36-26)28-31-24(14-37-28)17-3-7-19(30)8-4-17/h3-14H,1-2H3. The Morgan fingerprint density at radius 2 is 1.65 bits per heavy atom. The van der Waals surface area contributed by atoms with Crippen molar-refractivity contribution in [2.75, 3.05) is 7.11 Å². The summed E-state index contributed by atoms with van der Waals surface area (Å²) in [5, 5.41) is 3.49. The van der Waals surface area contributed by atoms with E-state index in [1.807, 2.05) is 41.8 Å². The summed E-state index contributed by atoms with van der Waals surface area (Å²) in [6, 6.07) is 18.5. The first-order valence-corrected chi connectivity index (χ1v) is 13.0. The molecule has 0 spiro atoms. The van der Waals surface area contributed by atoms with Crippen LogP contribution in [0.1, 0.15) is 5.56 Å². The molecular weight excluding hydrogens is 554 g/mol. The van der Waals surface area contributed by atoms with Gasteiger partial charge in [-0.1, -0.05) is 40.2 Å². The maximum absolute atomic E-state index is 13.5. The Labute approximate surface area is 222 Å². The molecule has 0 radical (unpaired) electrons. The molecular formula is C29H18BrNO5S. The van der Waals surface area contributed by atoms with Crippen molar-refractivity contribution in [3.63, 3.8) is 0 Å². The number of rotatable bonds is 4. The Morgan fingerprint density at radius 3 is 2.38 bits per heavy atom. The van der Waals surface area contributed by atoms with Crippen LogP contribution in [0.3, 0.4) is 0 Å². The number of aromatic nitrogens is 1. The summed E-state index contributed by atoms with van der Waals surface area (Å²) in [5.74, 6) is 0.698. The molecule has 0 fully saturated rings. The second-order valence-electron chi connectivity index (χ2n) is 8.50. The lowest BCUT2D eigenvalue weighted by Crippen LogP contribution is -2.07. The van der Waals surface area contributed by atoms with Crippen LogP contribution in [-0.4, -0.2) is 12.1 Å². The van der Waals surface area contributed by atoms with Gasteiger partial charge >= 0.3 is 5.63 Å². The molecule has 0 atom stereocenters. The van der Waals surface area contributed by atoms with Gasteiger partial charge in [0.1, 0.15) is 28.2 Å².